The van der Waals surface area contributed by atoms with Gasteiger partial charge in [-0.25, -0.2) is 0 Å². The van der Waals surface area contributed by atoms with Crippen molar-refractivity contribution in [3.63, 3.8) is 0 Å². The molecular weight excluding hydrogens is 296 g/mol. The number of likely N-dealkylation sites (tertiary alicyclic amines) is 1. The van der Waals surface area contributed by atoms with Crippen LogP contribution in [0.15, 0.2) is 18.2 Å². The second-order valence-corrected chi connectivity index (χ2v) is 5.92. The van der Waals surface area contributed by atoms with Crippen molar-refractivity contribution >= 4 is 17.4 Å². The molecule has 6 nitrogen and oxygen atoms in total. The average Bonchev–Trinajstić information content (AvgIpc) is 2.55. The van der Waals surface area contributed by atoms with Crippen LogP contribution >= 0.6 is 0 Å². The highest BCUT2D eigenvalue weighted by molar-refractivity contribution is 6.01. The van der Waals surface area contributed by atoms with E-state index in [1.807, 2.05) is 11.8 Å². The first kappa shape index (κ1) is 17.3. The molecule has 1 fully saturated rings. The number of carboxylic acid groups (broad SMARTS) is 1. The summed E-state index contributed by atoms with van der Waals surface area (Å²) in [6.45, 7) is 3.12. The number of carbonyl (C=O) groups is 2. The van der Waals surface area contributed by atoms with Gasteiger partial charge < -0.3 is 15.6 Å². The van der Waals surface area contributed by atoms with Crippen LogP contribution in [0.1, 0.15) is 36.5 Å². The zero-order chi connectivity index (χ0) is 17.0. The lowest BCUT2D eigenvalue weighted by Gasteiger charge is -2.35. The number of methoxy groups -OCH3 is 1. The normalized spacial score (nSPS) is 20.0. The summed E-state index contributed by atoms with van der Waals surface area (Å²) in [6, 6.07) is 4.71. The summed E-state index contributed by atoms with van der Waals surface area (Å²) in [6.07, 6.45) is 2.11. The maximum atomic E-state index is 12.8. The minimum absolute atomic E-state index is 0.0205. The minimum Gasteiger partial charge on any atom is -0.495 e. The van der Waals surface area contributed by atoms with Crippen LogP contribution in [0, 0.1) is 5.92 Å². The molecule has 1 aromatic carbocycles. The maximum Gasteiger partial charge on any atom is 0.307 e. The summed E-state index contributed by atoms with van der Waals surface area (Å²) in [5, 5.41) is 9.22. The van der Waals surface area contributed by atoms with Gasteiger partial charge in [0.1, 0.15) is 5.75 Å². The minimum atomic E-state index is -0.786. The summed E-state index contributed by atoms with van der Waals surface area (Å²) >= 11 is 0. The van der Waals surface area contributed by atoms with Gasteiger partial charge in [0, 0.05) is 12.1 Å². The van der Waals surface area contributed by atoms with E-state index in [0.717, 1.165) is 13.0 Å². The highest BCUT2D eigenvalue weighted by atomic mass is 16.5. The summed E-state index contributed by atoms with van der Waals surface area (Å²) in [7, 11) is 1.53. The van der Waals surface area contributed by atoms with Crippen LogP contribution in [-0.2, 0) is 4.79 Å². The van der Waals surface area contributed by atoms with Crippen molar-refractivity contribution in [2.45, 2.75) is 32.2 Å². The van der Waals surface area contributed by atoms with Gasteiger partial charge in [0.15, 0.2) is 5.78 Å². The lowest BCUT2D eigenvalue weighted by Crippen LogP contribution is -2.47. The smallest absolute Gasteiger partial charge is 0.307 e. The first-order valence-electron chi connectivity index (χ1n) is 7.92. The van der Waals surface area contributed by atoms with E-state index in [2.05, 4.69) is 0 Å². The van der Waals surface area contributed by atoms with Crippen LogP contribution in [-0.4, -0.2) is 48.0 Å². The Hall–Kier alpha value is -2.08. The number of ketones is 1. The second-order valence-electron chi connectivity index (χ2n) is 5.92. The molecule has 2 rings (SSSR count). The third-order valence-electron chi connectivity index (χ3n) is 4.45. The molecule has 0 spiro atoms. The molecule has 6 heteroatoms. The number of hydrogen-bond acceptors (Lipinski definition) is 5. The van der Waals surface area contributed by atoms with Gasteiger partial charge in [-0.1, -0.05) is 6.92 Å². The van der Waals surface area contributed by atoms with Crippen LogP contribution < -0.4 is 10.5 Å². The zero-order valence-corrected chi connectivity index (χ0v) is 13.6. The van der Waals surface area contributed by atoms with Crippen LogP contribution in [0.4, 0.5) is 5.69 Å². The Kier molecular flexibility index (Phi) is 5.60. The first-order chi connectivity index (χ1) is 11.0. The van der Waals surface area contributed by atoms with Gasteiger partial charge in [-0.3, -0.25) is 14.5 Å². The fourth-order valence-corrected chi connectivity index (χ4v) is 3.18. The number of anilines is 1. The number of nitrogen functional groups attached to an aromatic ring is 1. The van der Waals surface area contributed by atoms with Crippen molar-refractivity contribution in [1.82, 2.24) is 4.90 Å². The lowest BCUT2D eigenvalue weighted by molar-refractivity contribution is -0.143. The number of carboxylic acids is 1. The molecule has 23 heavy (non-hydrogen) atoms. The van der Waals surface area contributed by atoms with E-state index < -0.39 is 11.9 Å². The number of ether oxygens (including phenoxy) is 1. The van der Waals surface area contributed by atoms with Crippen molar-refractivity contribution in [2.24, 2.45) is 5.92 Å². The molecule has 1 aromatic rings. The Bertz CT molecular complexity index is 588. The number of benzene rings is 1. The SMILES string of the molecule is CCC(C(=O)c1ccc(OC)c(N)c1)N1CCCC(C(=O)O)C1. The molecule has 0 bridgehead atoms. The molecule has 0 saturated carbocycles. The molecule has 2 unspecified atom stereocenters. The molecule has 3 N–H and O–H groups in total. The van der Waals surface area contributed by atoms with Crippen molar-refractivity contribution in [3.05, 3.63) is 23.8 Å². The molecule has 0 amide bonds. The number of piperidine rings is 1. The van der Waals surface area contributed by atoms with Crippen LogP contribution in [0.3, 0.4) is 0 Å². The van der Waals surface area contributed by atoms with Crippen molar-refractivity contribution in [2.75, 3.05) is 25.9 Å². The van der Waals surface area contributed by atoms with Gasteiger partial charge in [0.2, 0.25) is 0 Å². The Morgan fingerprint density at radius 3 is 2.78 bits per heavy atom. The predicted octanol–water partition coefficient (Wildman–Crippen LogP) is 2.04. The molecule has 1 aliphatic rings. The molecule has 1 aliphatic heterocycles. The summed E-state index contributed by atoms with van der Waals surface area (Å²) in [4.78, 5) is 26.0. The van der Waals surface area contributed by atoms with E-state index in [1.165, 1.54) is 7.11 Å². The van der Waals surface area contributed by atoms with Crippen LogP contribution in [0.2, 0.25) is 0 Å². The predicted molar refractivity (Wildman–Crippen MR) is 87.7 cm³/mol. The largest absolute Gasteiger partial charge is 0.495 e. The number of nitrogens with two attached hydrogens (primary N) is 1. The Morgan fingerprint density at radius 1 is 1.48 bits per heavy atom. The number of hydrogen-bond donors (Lipinski definition) is 2. The van der Waals surface area contributed by atoms with Gasteiger partial charge in [0.05, 0.1) is 24.8 Å². The third-order valence-corrected chi connectivity index (χ3v) is 4.45. The Morgan fingerprint density at radius 2 is 2.22 bits per heavy atom. The molecule has 126 valence electrons. The van der Waals surface area contributed by atoms with Gasteiger partial charge in [-0.05, 0) is 44.0 Å². The van der Waals surface area contributed by atoms with Gasteiger partial charge in [-0.15, -0.1) is 0 Å². The summed E-state index contributed by atoms with van der Waals surface area (Å²) in [5.74, 6) is -0.663. The summed E-state index contributed by atoms with van der Waals surface area (Å²) in [5.41, 5.74) is 6.84. The highest BCUT2D eigenvalue weighted by Gasteiger charge is 2.32. The van der Waals surface area contributed by atoms with Crippen molar-refractivity contribution in [3.8, 4) is 5.75 Å². The van der Waals surface area contributed by atoms with Crippen molar-refractivity contribution < 1.29 is 19.4 Å². The zero-order valence-electron chi connectivity index (χ0n) is 13.6. The molecule has 1 saturated heterocycles. The van der Waals surface area contributed by atoms with Crippen LogP contribution in [0.25, 0.3) is 0 Å². The molecule has 0 aliphatic carbocycles. The number of aliphatic carboxylic acids is 1. The van der Waals surface area contributed by atoms with E-state index in [9.17, 15) is 14.7 Å². The Labute approximate surface area is 136 Å². The van der Waals surface area contributed by atoms with E-state index in [0.29, 0.717) is 36.4 Å². The third kappa shape index (κ3) is 3.82. The fraction of sp³-hybridized carbons (Fsp3) is 0.529. The number of rotatable bonds is 6. The molecule has 1 heterocycles. The molecule has 0 aromatic heterocycles. The molecule has 0 radical (unpaired) electrons. The molecule has 2 atom stereocenters. The topological polar surface area (TPSA) is 92.9 Å². The summed E-state index contributed by atoms with van der Waals surface area (Å²) < 4.78 is 5.11. The van der Waals surface area contributed by atoms with Gasteiger partial charge in [0.25, 0.3) is 0 Å². The van der Waals surface area contributed by atoms with E-state index in [4.69, 9.17) is 10.5 Å². The molecular formula is C17H24N2O4. The number of Topliss-reactive ketones (excluding diaryl/α,β-unsaturated/α-hetero) is 1. The fourth-order valence-electron chi connectivity index (χ4n) is 3.18. The highest BCUT2D eigenvalue weighted by Crippen LogP contribution is 2.26. The van der Waals surface area contributed by atoms with Gasteiger partial charge in [-0.2, -0.15) is 0 Å². The quantitative estimate of drug-likeness (QED) is 0.615. The van der Waals surface area contributed by atoms with Gasteiger partial charge >= 0.3 is 5.97 Å². The van der Waals surface area contributed by atoms with E-state index in [-0.39, 0.29) is 11.8 Å². The number of nitrogens with zero attached hydrogens (tertiary/aromatic N) is 1. The Balaban J connectivity index is 2.18. The maximum absolute atomic E-state index is 12.8. The first-order valence-corrected chi connectivity index (χ1v) is 7.92. The average molecular weight is 320 g/mol. The van der Waals surface area contributed by atoms with E-state index >= 15 is 0 Å². The van der Waals surface area contributed by atoms with Crippen molar-refractivity contribution in [1.29, 1.82) is 0 Å². The van der Waals surface area contributed by atoms with E-state index in [1.54, 1.807) is 18.2 Å². The standard InChI is InChI=1S/C17H24N2O4/c1-3-14(19-8-4-5-12(10-19)17(21)22)16(20)11-6-7-15(23-2)13(18)9-11/h6-7,9,12,14H,3-5,8,10,18H2,1-2H3,(H,21,22). The monoisotopic (exact) mass is 320 g/mol. The van der Waals surface area contributed by atoms with Crippen LogP contribution in [0.5, 0.6) is 5.75 Å². The lowest BCUT2D eigenvalue weighted by atomic mass is 9.93. The number of carbonyl (C=O) groups excluding carboxylic acids is 1. The second kappa shape index (κ2) is 7.46.